The molecule has 1 aliphatic heterocycles. The number of hydrogen-bond donors (Lipinski definition) is 1. The molecule has 0 saturated carbocycles. The van der Waals surface area contributed by atoms with Crippen molar-refractivity contribution < 1.29 is 22.7 Å². The zero-order chi connectivity index (χ0) is 20.1. The fraction of sp³-hybridized carbons (Fsp3) is 0.350. The molecule has 3 rings (SSSR count). The number of nitrogens with zero attached hydrogens (tertiary/aromatic N) is 1. The Morgan fingerprint density at radius 1 is 1.07 bits per heavy atom. The maximum atomic E-state index is 12.9. The third-order valence-corrected chi connectivity index (χ3v) is 6.70. The van der Waals surface area contributed by atoms with Crippen LogP contribution in [0.5, 0.6) is 11.5 Å². The zero-order valence-corrected chi connectivity index (χ0v) is 16.7. The van der Waals surface area contributed by atoms with E-state index in [0.717, 1.165) is 0 Å². The highest BCUT2D eigenvalue weighted by molar-refractivity contribution is 7.89. The number of para-hydroxylation sites is 2. The van der Waals surface area contributed by atoms with Gasteiger partial charge in [0.2, 0.25) is 15.9 Å². The van der Waals surface area contributed by atoms with Crippen LogP contribution >= 0.6 is 0 Å². The van der Waals surface area contributed by atoms with Crippen LogP contribution < -0.4 is 14.8 Å². The monoisotopic (exact) mass is 404 g/mol. The van der Waals surface area contributed by atoms with Gasteiger partial charge < -0.3 is 14.8 Å². The van der Waals surface area contributed by atoms with E-state index in [2.05, 4.69) is 5.32 Å². The van der Waals surface area contributed by atoms with Crippen molar-refractivity contribution in [2.24, 2.45) is 5.92 Å². The Bertz CT molecular complexity index is 928. The SMILES string of the molecule is COc1ccc(S(=O)(=O)N2CCC[C@@H](C(=O)Nc3ccccc3OC)C2)cc1. The number of amides is 1. The average Bonchev–Trinajstić information content (AvgIpc) is 2.74. The number of carbonyl (C=O) groups is 1. The summed E-state index contributed by atoms with van der Waals surface area (Å²) in [6.45, 7) is 0.544. The van der Waals surface area contributed by atoms with Gasteiger partial charge in [-0.1, -0.05) is 12.1 Å². The van der Waals surface area contributed by atoms with E-state index in [4.69, 9.17) is 9.47 Å². The van der Waals surface area contributed by atoms with E-state index in [0.29, 0.717) is 36.6 Å². The molecule has 1 aliphatic rings. The van der Waals surface area contributed by atoms with Gasteiger partial charge in [0.1, 0.15) is 11.5 Å². The summed E-state index contributed by atoms with van der Waals surface area (Å²) in [4.78, 5) is 12.9. The van der Waals surface area contributed by atoms with Gasteiger partial charge in [0.15, 0.2) is 0 Å². The molecule has 0 aliphatic carbocycles. The van der Waals surface area contributed by atoms with Crippen molar-refractivity contribution in [2.75, 3.05) is 32.6 Å². The summed E-state index contributed by atoms with van der Waals surface area (Å²) < 4.78 is 37.6. The van der Waals surface area contributed by atoms with Crippen molar-refractivity contribution in [3.05, 3.63) is 48.5 Å². The van der Waals surface area contributed by atoms with Crippen LogP contribution in [0.2, 0.25) is 0 Å². The van der Waals surface area contributed by atoms with E-state index in [1.807, 2.05) is 6.07 Å². The molecule has 28 heavy (non-hydrogen) atoms. The lowest BCUT2D eigenvalue weighted by molar-refractivity contribution is -0.120. The highest BCUT2D eigenvalue weighted by Gasteiger charge is 2.33. The summed E-state index contributed by atoms with van der Waals surface area (Å²) in [6, 6.07) is 13.4. The minimum absolute atomic E-state index is 0.148. The summed E-state index contributed by atoms with van der Waals surface area (Å²) in [5.74, 6) is 0.520. The number of piperidine rings is 1. The van der Waals surface area contributed by atoms with Crippen LogP contribution in [0.15, 0.2) is 53.4 Å². The molecule has 2 aromatic carbocycles. The van der Waals surface area contributed by atoms with E-state index in [-0.39, 0.29) is 17.3 Å². The van der Waals surface area contributed by atoms with Crippen LogP contribution in [0.1, 0.15) is 12.8 Å². The second kappa shape index (κ2) is 8.62. The fourth-order valence-corrected chi connectivity index (χ4v) is 4.78. The van der Waals surface area contributed by atoms with Gasteiger partial charge in [-0.05, 0) is 49.2 Å². The number of carbonyl (C=O) groups excluding carboxylic acids is 1. The van der Waals surface area contributed by atoms with Gasteiger partial charge in [-0.3, -0.25) is 4.79 Å². The lowest BCUT2D eigenvalue weighted by atomic mass is 9.98. The Morgan fingerprint density at radius 2 is 1.79 bits per heavy atom. The molecule has 7 nitrogen and oxygen atoms in total. The molecule has 1 heterocycles. The molecule has 2 aromatic rings. The predicted molar refractivity (Wildman–Crippen MR) is 106 cm³/mol. The minimum atomic E-state index is -3.67. The third-order valence-electron chi connectivity index (χ3n) is 4.82. The first kappa shape index (κ1) is 20.2. The van der Waals surface area contributed by atoms with Crippen molar-refractivity contribution in [2.45, 2.75) is 17.7 Å². The standard InChI is InChI=1S/C20H24N2O5S/c1-26-16-9-11-17(12-10-16)28(24,25)22-13-5-6-15(14-22)20(23)21-18-7-3-4-8-19(18)27-2/h3-4,7-12,15H,5-6,13-14H2,1-2H3,(H,21,23)/t15-/m1/s1. The summed E-state index contributed by atoms with van der Waals surface area (Å²) in [7, 11) is -0.603. The summed E-state index contributed by atoms with van der Waals surface area (Å²) in [6.07, 6.45) is 1.26. The molecule has 0 radical (unpaired) electrons. The molecule has 0 bridgehead atoms. The second-order valence-corrected chi connectivity index (χ2v) is 8.51. The van der Waals surface area contributed by atoms with E-state index < -0.39 is 15.9 Å². The topological polar surface area (TPSA) is 84.9 Å². The first-order chi connectivity index (χ1) is 13.5. The van der Waals surface area contributed by atoms with Crippen LogP contribution in [0.3, 0.4) is 0 Å². The maximum Gasteiger partial charge on any atom is 0.243 e. The highest BCUT2D eigenvalue weighted by atomic mass is 32.2. The highest BCUT2D eigenvalue weighted by Crippen LogP contribution is 2.28. The number of rotatable bonds is 6. The number of benzene rings is 2. The Morgan fingerprint density at radius 3 is 2.46 bits per heavy atom. The number of ether oxygens (including phenoxy) is 2. The molecule has 8 heteroatoms. The number of anilines is 1. The van der Waals surface area contributed by atoms with Gasteiger partial charge in [-0.25, -0.2) is 8.42 Å². The number of methoxy groups -OCH3 is 2. The normalized spacial score (nSPS) is 17.7. The smallest absolute Gasteiger partial charge is 0.243 e. The molecular weight excluding hydrogens is 380 g/mol. The first-order valence-corrected chi connectivity index (χ1v) is 10.5. The van der Waals surface area contributed by atoms with Crippen LogP contribution in [-0.2, 0) is 14.8 Å². The zero-order valence-electron chi connectivity index (χ0n) is 15.9. The Labute approximate surface area is 165 Å². The van der Waals surface area contributed by atoms with Gasteiger partial charge >= 0.3 is 0 Å². The van der Waals surface area contributed by atoms with Gasteiger partial charge in [-0.2, -0.15) is 4.31 Å². The van der Waals surface area contributed by atoms with E-state index >= 15 is 0 Å². The van der Waals surface area contributed by atoms with E-state index in [1.54, 1.807) is 30.3 Å². The number of sulfonamides is 1. The van der Waals surface area contributed by atoms with Crippen molar-refractivity contribution in [1.82, 2.24) is 4.31 Å². The molecular formula is C20H24N2O5S. The predicted octanol–water partition coefficient (Wildman–Crippen LogP) is 2.74. The van der Waals surface area contributed by atoms with Gasteiger partial charge in [0.05, 0.1) is 30.7 Å². The van der Waals surface area contributed by atoms with E-state index in [9.17, 15) is 13.2 Å². The molecule has 1 atom stereocenters. The molecule has 0 aromatic heterocycles. The third kappa shape index (κ3) is 4.28. The van der Waals surface area contributed by atoms with Gasteiger partial charge in [0.25, 0.3) is 0 Å². The molecule has 0 unspecified atom stereocenters. The van der Waals surface area contributed by atoms with Gasteiger partial charge in [-0.15, -0.1) is 0 Å². The van der Waals surface area contributed by atoms with Crippen LogP contribution in [0.4, 0.5) is 5.69 Å². The average molecular weight is 404 g/mol. The number of hydrogen-bond acceptors (Lipinski definition) is 5. The fourth-order valence-electron chi connectivity index (χ4n) is 3.25. The van der Waals surface area contributed by atoms with Crippen molar-refractivity contribution in [1.29, 1.82) is 0 Å². The minimum Gasteiger partial charge on any atom is -0.497 e. The molecule has 1 fully saturated rings. The van der Waals surface area contributed by atoms with Crippen molar-refractivity contribution in [3.63, 3.8) is 0 Å². The van der Waals surface area contributed by atoms with Crippen LogP contribution in [-0.4, -0.2) is 45.9 Å². The molecule has 0 spiro atoms. The van der Waals surface area contributed by atoms with Crippen LogP contribution in [0.25, 0.3) is 0 Å². The lowest BCUT2D eigenvalue weighted by Gasteiger charge is -2.31. The van der Waals surface area contributed by atoms with E-state index in [1.165, 1.54) is 30.7 Å². The Kier molecular flexibility index (Phi) is 6.21. The second-order valence-electron chi connectivity index (χ2n) is 6.57. The maximum absolute atomic E-state index is 12.9. The Balaban J connectivity index is 1.73. The largest absolute Gasteiger partial charge is 0.497 e. The van der Waals surface area contributed by atoms with Gasteiger partial charge in [0, 0.05) is 13.1 Å². The molecule has 150 valence electrons. The number of nitrogens with one attached hydrogen (secondary N) is 1. The van der Waals surface area contributed by atoms with Crippen molar-refractivity contribution >= 4 is 21.6 Å². The summed E-state index contributed by atoms with van der Waals surface area (Å²) in [5.41, 5.74) is 0.574. The lowest BCUT2D eigenvalue weighted by Crippen LogP contribution is -2.43. The summed E-state index contributed by atoms with van der Waals surface area (Å²) >= 11 is 0. The van der Waals surface area contributed by atoms with Crippen LogP contribution in [0, 0.1) is 5.92 Å². The molecule has 1 amide bonds. The summed E-state index contributed by atoms with van der Waals surface area (Å²) in [5, 5.41) is 2.86. The first-order valence-electron chi connectivity index (χ1n) is 9.04. The Hall–Kier alpha value is -2.58. The molecule has 1 saturated heterocycles. The van der Waals surface area contributed by atoms with Crippen molar-refractivity contribution in [3.8, 4) is 11.5 Å². The quantitative estimate of drug-likeness (QED) is 0.800. The molecule has 1 N–H and O–H groups in total.